The van der Waals surface area contributed by atoms with Crippen LogP contribution in [0.15, 0.2) is 40.8 Å². The van der Waals surface area contributed by atoms with Crippen LogP contribution in [-0.4, -0.2) is 5.78 Å². The summed E-state index contributed by atoms with van der Waals surface area (Å²) in [5, 5.41) is 0. The van der Waals surface area contributed by atoms with Gasteiger partial charge in [-0.2, -0.15) is 0 Å². The number of carbonyl (C=O) groups is 1. The first-order chi connectivity index (χ1) is 9.40. The first kappa shape index (κ1) is 14.5. The normalized spacial score (nSPS) is 11.6. The molecule has 1 heterocycles. The molecule has 1 aromatic carbocycles. The zero-order valence-electron chi connectivity index (χ0n) is 12.3. The van der Waals surface area contributed by atoms with Crippen LogP contribution in [0.1, 0.15) is 48.2 Å². The molecule has 0 fully saturated rings. The molecule has 0 amide bonds. The highest BCUT2D eigenvalue weighted by Gasteiger charge is 2.15. The minimum atomic E-state index is -0.0202. The highest BCUT2D eigenvalue weighted by atomic mass is 16.3. The molecule has 106 valence electrons. The average Bonchev–Trinajstić information content (AvgIpc) is 2.87. The number of carbonyl (C=O) groups excluding carboxylic acids is 1. The fourth-order valence-electron chi connectivity index (χ4n) is 2.03. The smallest absolute Gasteiger partial charge is 0.202 e. The highest BCUT2D eigenvalue weighted by Crippen LogP contribution is 2.22. The van der Waals surface area contributed by atoms with E-state index in [1.165, 1.54) is 5.56 Å². The third-order valence-corrected chi connectivity index (χ3v) is 3.32. The number of hydrogen-bond donors (Lipinski definition) is 1. The van der Waals surface area contributed by atoms with Crippen molar-refractivity contribution in [1.82, 2.24) is 0 Å². The van der Waals surface area contributed by atoms with Crippen molar-refractivity contribution in [2.45, 2.75) is 39.2 Å². The van der Waals surface area contributed by atoms with Gasteiger partial charge >= 0.3 is 0 Å². The summed E-state index contributed by atoms with van der Waals surface area (Å²) in [6, 6.07) is 11.6. The van der Waals surface area contributed by atoms with Gasteiger partial charge in [0.15, 0.2) is 5.76 Å². The Morgan fingerprint density at radius 3 is 2.25 bits per heavy atom. The van der Waals surface area contributed by atoms with E-state index in [4.69, 9.17) is 10.2 Å². The second-order valence-corrected chi connectivity index (χ2v) is 6.02. The maximum absolute atomic E-state index is 12.1. The molecule has 2 aromatic rings. The van der Waals surface area contributed by atoms with Gasteiger partial charge < -0.3 is 10.2 Å². The average molecular weight is 271 g/mol. The predicted molar refractivity (Wildman–Crippen MR) is 79.8 cm³/mol. The van der Waals surface area contributed by atoms with Gasteiger partial charge in [-0.25, -0.2) is 0 Å². The second kappa shape index (κ2) is 5.63. The summed E-state index contributed by atoms with van der Waals surface area (Å²) in [6.07, 6.45) is 0.349. The van der Waals surface area contributed by atoms with Gasteiger partial charge in [-0.1, -0.05) is 45.0 Å². The lowest BCUT2D eigenvalue weighted by atomic mass is 9.86. The van der Waals surface area contributed by atoms with Gasteiger partial charge in [-0.15, -0.1) is 0 Å². The molecule has 3 heteroatoms. The van der Waals surface area contributed by atoms with Crippen LogP contribution in [0.3, 0.4) is 0 Å². The molecule has 0 atom stereocenters. The predicted octanol–water partition coefficient (Wildman–Crippen LogP) is 3.46. The summed E-state index contributed by atoms with van der Waals surface area (Å²) in [4.78, 5) is 12.1. The molecule has 20 heavy (non-hydrogen) atoms. The van der Waals surface area contributed by atoms with Crippen LogP contribution in [0, 0.1) is 0 Å². The molecule has 0 aliphatic heterocycles. The molecule has 0 radical (unpaired) electrons. The molecule has 0 spiro atoms. The Balaban J connectivity index is 2.08. The second-order valence-electron chi connectivity index (χ2n) is 6.02. The molecule has 0 unspecified atom stereocenters. The molecule has 1 aromatic heterocycles. The monoisotopic (exact) mass is 271 g/mol. The van der Waals surface area contributed by atoms with E-state index in [2.05, 4.69) is 32.9 Å². The summed E-state index contributed by atoms with van der Waals surface area (Å²) in [7, 11) is 0. The van der Waals surface area contributed by atoms with Crippen LogP contribution in [0.5, 0.6) is 0 Å². The third kappa shape index (κ3) is 3.36. The Kier molecular flexibility index (Phi) is 4.09. The van der Waals surface area contributed by atoms with Crippen molar-refractivity contribution in [2.75, 3.05) is 0 Å². The van der Waals surface area contributed by atoms with E-state index in [1.807, 2.05) is 12.1 Å². The van der Waals surface area contributed by atoms with Gasteiger partial charge in [0.05, 0.1) is 6.54 Å². The lowest BCUT2D eigenvalue weighted by Crippen LogP contribution is -2.11. The number of benzene rings is 1. The maximum Gasteiger partial charge on any atom is 0.202 e. The van der Waals surface area contributed by atoms with Gasteiger partial charge in [-0.05, 0) is 28.7 Å². The van der Waals surface area contributed by atoms with Crippen molar-refractivity contribution in [2.24, 2.45) is 5.73 Å². The molecule has 2 rings (SSSR count). The van der Waals surface area contributed by atoms with Gasteiger partial charge in [0.25, 0.3) is 0 Å². The van der Waals surface area contributed by atoms with E-state index in [9.17, 15) is 4.79 Å². The van der Waals surface area contributed by atoms with Crippen LogP contribution in [0.25, 0.3) is 0 Å². The van der Waals surface area contributed by atoms with E-state index in [0.717, 1.165) is 5.56 Å². The number of nitrogens with two attached hydrogens (primary N) is 1. The summed E-state index contributed by atoms with van der Waals surface area (Å²) in [5.74, 6) is 0.995. The Labute approximate surface area is 119 Å². The molecule has 2 N–H and O–H groups in total. The molecule has 0 saturated carbocycles. The molecule has 3 nitrogen and oxygen atoms in total. The highest BCUT2D eigenvalue weighted by molar-refractivity contribution is 5.95. The van der Waals surface area contributed by atoms with Crippen molar-refractivity contribution in [3.63, 3.8) is 0 Å². The van der Waals surface area contributed by atoms with Crippen molar-refractivity contribution in [3.05, 3.63) is 59.0 Å². The van der Waals surface area contributed by atoms with Crippen LogP contribution in [0.4, 0.5) is 0 Å². The third-order valence-electron chi connectivity index (χ3n) is 3.32. The van der Waals surface area contributed by atoms with Crippen LogP contribution in [-0.2, 0) is 18.4 Å². The van der Waals surface area contributed by atoms with E-state index in [1.54, 1.807) is 12.1 Å². The quantitative estimate of drug-likeness (QED) is 0.866. The fraction of sp³-hybridized carbons (Fsp3) is 0.353. The minimum Gasteiger partial charge on any atom is -0.457 e. The van der Waals surface area contributed by atoms with Crippen molar-refractivity contribution in [1.29, 1.82) is 0 Å². The zero-order valence-corrected chi connectivity index (χ0v) is 12.3. The van der Waals surface area contributed by atoms with E-state index < -0.39 is 0 Å². The van der Waals surface area contributed by atoms with Gasteiger partial charge in [0.1, 0.15) is 5.76 Å². The summed E-state index contributed by atoms with van der Waals surface area (Å²) < 4.78 is 5.37. The van der Waals surface area contributed by atoms with Crippen LogP contribution >= 0.6 is 0 Å². The standard InChI is InChI=1S/C17H21NO2/c1-17(2,3)13-6-4-12(5-7-13)10-15(19)16-9-8-14(11-18)20-16/h4-9H,10-11,18H2,1-3H3. The molecule has 0 aliphatic carbocycles. The number of Topliss-reactive ketones (excluding diaryl/α,β-unsaturated/α-hetero) is 1. The summed E-state index contributed by atoms with van der Waals surface area (Å²) in [5.41, 5.74) is 7.85. The van der Waals surface area contributed by atoms with Crippen molar-refractivity contribution in [3.8, 4) is 0 Å². The number of furan rings is 1. The Morgan fingerprint density at radius 2 is 1.75 bits per heavy atom. The Morgan fingerprint density at radius 1 is 1.10 bits per heavy atom. The Hall–Kier alpha value is -1.87. The van der Waals surface area contributed by atoms with E-state index in [0.29, 0.717) is 24.5 Å². The van der Waals surface area contributed by atoms with Gasteiger partial charge in [0, 0.05) is 6.42 Å². The topological polar surface area (TPSA) is 56.2 Å². The number of hydrogen-bond acceptors (Lipinski definition) is 3. The molecule has 0 aliphatic rings. The molecular formula is C17H21NO2. The van der Waals surface area contributed by atoms with Crippen molar-refractivity contribution < 1.29 is 9.21 Å². The SMILES string of the molecule is CC(C)(C)c1ccc(CC(=O)c2ccc(CN)o2)cc1. The minimum absolute atomic E-state index is 0.0202. The lowest BCUT2D eigenvalue weighted by molar-refractivity contribution is 0.0964. The zero-order chi connectivity index (χ0) is 14.8. The number of rotatable bonds is 4. The molecular weight excluding hydrogens is 250 g/mol. The van der Waals surface area contributed by atoms with E-state index in [-0.39, 0.29) is 11.2 Å². The van der Waals surface area contributed by atoms with E-state index >= 15 is 0 Å². The van der Waals surface area contributed by atoms with Crippen LogP contribution in [0.2, 0.25) is 0 Å². The largest absolute Gasteiger partial charge is 0.457 e. The first-order valence-corrected chi connectivity index (χ1v) is 6.81. The van der Waals surface area contributed by atoms with Gasteiger partial charge in [0.2, 0.25) is 5.78 Å². The first-order valence-electron chi connectivity index (χ1n) is 6.81. The maximum atomic E-state index is 12.1. The fourth-order valence-corrected chi connectivity index (χ4v) is 2.03. The Bertz CT molecular complexity index is 588. The van der Waals surface area contributed by atoms with Crippen LogP contribution < -0.4 is 5.73 Å². The van der Waals surface area contributed by atoms with Crippen molar-refractivity contribution >= 4 is 5.78 Å². The molecule has 0 saturated heterocycles. The summed E-state index contributed by atoms with van der Waals surface area (Å²) in [6.45, 7) is 6.83. The lowest BCUT2D eigenvalue weighted by Gasteiger charge is -2.19. The van der Waals surface area contributed by atoms with Gasteiger partial charge in [-0.3, -0.25) is 4.79 Å². The number of ketones is 1. The molecule has 0 bridgehead atoms. The summed E-state index contributed by atoms with van der Waals surface area (Å²) >= 11 is 0.